The molecule has 0 saturated carbocycles. The first-order chi connectivity index (χ1) is 15.7. The summed E-state index contributed by atoms with van der Waals surface area (Å²) in [7, 11) is 1.59. The molecule has 0 fully saturated rings. The zero-order valence-corrected chi connectivity index (χ0v) is 18.2. The second kappa shape index (κ2) is 9.96. The van der Waals surface area contributed by atoms with Crippen LogP contribution in [0.5, 0.6) is 5.75 Å². The molecule has 0 bridgehead atoms. The second-order valence-corrected chi connectivity index (χ2v) is 7.59. The van der Waals surface area contributed by atoms with Crippen LogP contribution in [0.1, 0.15) is 39.5 Å². The highest BCUT2D eigenvalue weighted by atomic mass is 16.5. The Hall–Kier alpha value is -3.86. The highest BCUT2D eigenvalue weighted by Crippen LogP contribution is 2.33. The number of aromatic nitrogens is 1. The number of rotatable bonds is 8. The van der Waals surface area contributed by atoms with Crippen LogP contribution in [-0.2, 0) is 0 Å². The van der Waals surface area contributed by atoms with Crippen LogP contribution in [0.2, 0.25) is 0 Å². The van der Waals surface area contributed by atoms with Gasteiger partial charge in [-0.1, -0.05) is 78.0 Å². The van der Waals surface area contributed by atoms with Gasteiger partial charge in [0.25, 0.3) is 5.91 Å². The number of amides is 1. The molecule has 1 N–H and O–H groups in total. The molecule has 1 aromatic heterocycles. The average molecular weight is 427 g/mol. The third-order valence-electron chi connectivity index (χ3n) is 5.56. The van der Waals surface area contributed by atoms with Crippen LogP contribution in [0.4, 0.5) is 0 Å². The summed E-state index contributed by atoms with van der Waals surface area (Å²) in [5.74, 6) is 1.03. The number of carbonyl (C=O) groups is 1. The van der Waals surface area contributed by atoms with Crippen molar-refractivity contribution in [2.45, 2.75) is 19.3 Å². The topological polar surface area (TPSA) is 64.4 Å². The van der Waals surface area contributed by atoms with E-state index in [1.165, 1.54) is 11.1 Å². The molecule has 32 heavy (non-hydrogen) atoms. The van der Waals surface area contributed by atoms with Crippen molar-refractivity contribution in [1.82, 2.24) is 10.5 Å². The normalized spacial score (nSPS) is 10.8. The predicted octanol–water partition coefficient (Wildman–Crippen LogP) is 5.61. The highest BCUT2D eigenvalue weighted by Gasteiger charge is 2.24. The van der Waals surface area contributed by atoms with E-state index in [9.17, 15) is 4.79 Å². The van der Waals surface area contributed by atoms with Gasteiger partial charge in [-0.3, -0.25) is 4.79 Å². The van der Waals surface area contributed by atoms with E-state index in [0.717, 1.165) is 6.42 Å². The minimum atomic E-state index is -0.204. The molecule has 0 spiro atoms. The van der Waals surface area contributed by atoms with Gasteiger partial charge in [0.05, 0.1) is 18.4 Å². The van der Waals surface area contributed by atoms with Gasteiger partial charge in [0.15, 0.2) is 5.76 Å². The molecule has 1 amide bonds. The van der Waals surface area contributed by atoms with Crippen molar-refractivity contribution in [2.24, 2.45) is 0 Å². The number of aryl methyl sites for hydroxylation is 1. The van der Waals surface area contributed by atoms with E-state index in [1.54, 1.807) is 14.0 Å². The van der Waals surface area contributed by atoms with Crippen LogP contribution in [0.15, 0.2) is 89.5 Å². The lowest BCUT2D eigenvalue weighted by atomic mass is 9.88. The Balaban J connectivity index is 1.52. The monoisotopic (exact) mass is 426 g/mol. The first-order valence-corrected chi connectivity index (χ1v) is 10.7. The van der Waals surface area contributed by atoms with Gasteiger partial charge in [-0.25, -0.2) is 0 Å². The van der Waals surface area contributed by atoms with Crippen LogP contribution in [0.3, 0.4) is 0 Å². The fraction of sp³-hybridized carbons (Fsp3) is 0.185. The molecule has 0 aliphatic heterocycles. The van der Waals surface area contributed by atoms with E-state index in [1.807, 2.05) is 60.7 Å². The maximum atomic E-state index is 13.1. The quantitative estimate of drug-likeness (QED) is 0.398. The number of hydrogen-bond acceptors (Lipinski definition) is 4. The van der Waals surface area contributed by atoms with Crippen LogP contribution < -0.4 is 10.1 Å². The zero-order chi connectivity index (χ0) is 22.3. The van der Waals surface area contributed by atoms with Crippen molar-refractivity contribution in [3.63, 3.8) is 0 Å². The first-order valence-electron chi connectivity index (χ1n) is 10.7. The van der Waals surface area contributed by atoms with Crippen LogP contribution >= 0.6 is 0 Å². The Labute approximate surface area is 188 Å². The number of para-hydroxylation sites is 1. The summed E-state index contributed by atoms with van der Waals surface area (Å²) in [4.78, 5) is 13.1. The molecule has 0 unspecified atom stereocenters. The van der Waals surface area contributed by atoms with Crippen molar-refractivity contribution in [2.75, 3.05) is 13.7 Å². The number of carbonyl (C=O) groups excluding carboxylic acids is 1. The fourth-order valence-electron chi connectivity index (χ4n) is 3.97. The molecular weight excluding hydrogens is 400 g/mol. The second-order valence-electron chi connectivity index (χ2n) is 7.59. The third kappa shape index (κ3) is 4.57. The molecule has 0 aliphatic rings. The number of hydrogen-bond donors (Lipinski definition) is 1. The van der Waals surface area contributed by atoms with Crippen molar-refractivity contribution < 1.29 is 14.1 Å². The largest absolute Gasteiger partial charge is 0.496 e. The molecular formula is C27H26N2O3. The summed E-state index contributed by atoms with van der Waals surface area (Å²) in [6.07, 6.45) is 0.772. The molecule has 5 nitrogen and oxygen atoms in total. The standard InChI is InChI=1S/C27H26N2O3/c1-19-25(26(32-29-19)23-15-9-10-16-24(23)31-2)27(30)28-18-17-22(20-11-5-3-6-12-20)21-13-7-4-8-14-21/h3-16,22H,17-18H2,1-2H3,(H,28,30). The predicted molar refractivity (Wildman–Crippen MR) is 125 cm³/mol. The van der Waals surface area contributed by atoms with Gasteiger partial charge in [-0.2, -0.15) is 0 Å². The van der Waals surface area contributed by atoms with Crippen molar-refractivity contribution in [3.8, 4) is 17.1 Å². The van der Waals surface area contributed by atoms with E-state index in [0.29, 0.717) is 34.9 Å². The minimum Gasteiger partial charge on any atom is -0.496 e. The minimum absolute atomic E-state index is 0.190. The SMILES string of the molecule is COc1ccccc1-c1onc(C)c1C(=O)NCCC(c1ccccc1)c1ccccc1. The van der Waals surface area contributed by atoms with Gasteiger partial charge < -0.3 is 14.6 Å². The van der Waals surface area contributed by atoms with Gasteiger partial charge in [0.2, 0.25) is 0 Å². The Morgan fingerprint density at radius 3 is 2.16 bits per heavy atom. The molecule has 0 aliphatic carbocycles. The highest BCUT2D eigenvalue weighted by molar-refractivity contribution is 6.01. The maximum absolute atomic E-state index is 13.1. The van der Waals surface area contributed by atoms with Crippen molar-refractivity contribution >= 4 is 5.91 Å². The molecule has 1 heterocycles. The van der Waals surface area contributed by atoms with E-state index < -0.39 is 0 Å². The van der Waals surface area contributed by atoms with Crippen molar-refractivity contribution in [3.05, 3.63) is 107 Å². The first kappa shape index (κ1) is 21.4. The van der Waals surface area contributed by atoms with Crippen LogP contribution in [-0.4, -0.2) is 24.7 Å². The molecule has 4 aromatic rings. The van der Waals surface area contributed by atoms with E-state index in [4.69, 9.17) is 9.26 Å². The lowest BCUT2D eigenvalue weighted by Crippen LogP contribution is -2.26. The average Bonchev–Trinajstić information content (AvgIpc) is 3.24. The van der Waals surface area contributed by atoms with E-state index >= 15 is 0 Å². The number of nitrogens with one attached hydrogen (secondary N) is 1. The number of ether oxygens (including phenoxy) is 1. The lowest BCUT2D eigenvalue weighted by molar-refractivity contribution is 0.0952. The van der Waals surface area contributed by atoms with Crippen LogP contribution in [0, 0.1) is 6.92 Å². The summed E-state index contributed by atoms with van der Waals surface area (Å²) in [5.41, 5.74) is 4.14. The van der Waals surface area contributed by atoms with Gasteiger partial charge in [-0.05, 0) is 36.6 Å². The van der Waals surface area contributed by atoms with Gasteiger partial charge >= 0.3 is 0 Å². The smallest absolute Gasteiger partial charge is 0.257 e. The molecule has 162 valence electrons. The fourth-order valence-corrected chi connectivity index (χ4v) is 3.97. The third-order valence-corrected chi connectivity index (χ3v) is 5.56. The zero-order valence-electron chi connectivity index (χ0n) is 18.2. The Morgan fingerprint density at radius 1 is 0.938 bits per heavy atom. The number of nitrogens with zero attached hydrogens (tertiary/aromatic N) is 1. The van der Waals surface area contributed by atoms with Crippen LogP contribution in [0.25, 0.3) is 11.3 Å². The number of benzene rings is 3. The lowest BCUT2D eigenvalue weighted by Gasteiger charge is -2.18. The molecule has 0 radical (unpaired) electrons. The summed E-state index contributed by atoms with van der Waals surface area (Å²) < 4.78 is 11.0. The summed E-state index contributed by atoms with van der Waals surface area (Å²) in [6, 6.07) is 28.2. The van der Waals surface area contributed by atoms with E-state index in [2.05, 4.69) is 34.7 Å². The van der Waals surface area contributed by atoms with Gasteiger partial charge in [-0.15, -0.1) is 0 Å². The Bertz CT molecular complexity index is 1130. The molecule has 0 saturated heterocycles. The van der Waals surface area contributed by atoms with E-state index in [-0.39, 0.29) is 11.8 Å². The molecule has 3 aromatic carbocycles. The Morgan fingerprint density at radius 2 is 1.53 bits per heavy atom. The summed E-state index contributed by atoms with van der Waals surface area (Å²) in [5, 5.41) is 7.10. The van der Waals surface area contributed by atoms with Crippen molar-refractivity contribution in [1.29, 1.82) is 0 Å². The summed E-state index contributed by atoms with van der Waals surface area (Å²) >= 11 is 0. The molecule has 0 atom stereocenters. The Kier molecular flexibility index (Phi) is 6.66. The summed E-state index contributed by atoms with van der Waals surface area (Å²) in [6.45, 7) is 2.29. The maximum Gasteiger partial charge on any atom is 0.257 e. The number of methoxy groups -OCH3 is 1. The van der Waals surface area contributed by atoms with Gasteiger partial charge in [0, 0.05) is 12.5 Å². The molecule has 4 rings (SSSR count). The molecule has 5 heteroatoms. The van der Waals surface area contributed by atoms with Gasteiger partial charge in [0.1, 0.15) is 11.3 Å².